The van der Waals surface area contributed by atoms with Crippen molar-refractivity contribution in [3.8, 4) is 0 Å². The summed E-state index contributed by atoms with van der Waals surface area (Å²) in [5, 5.41) is 0. The fraction of sp³-hybridized carbons (Fsp3) is 0.167. The van der Waals surface area contributed by atoms with Gasteiger partial charge in [0.05, 0.1) is 5.69 Å². The van der Waals surface area contributed by atoms with Gasteiger partial charge in [-0.05, 0) is 31.2 Å². The number of carbonyl (C=O) groups excluding carboxylic acids is 1. The van der Waals surface area contributed by atoms with Gasteiger partial charge in [-0.25, -0.2) is 9.37 Å². The fourth-order valence-electron chi connectivity index (χ4n) is 1.46. The third kappa shape index (κ3) is 2.64. The molecule has 0 fully saturated rings. The Morgan fingerprint density at radius 1 is 1.21 bits per heavy atom. The Bertz CT molecular complexity index is 614. The Kier molecular flexibility index (Phi) is 3.13. The van der Waals surface area contributed by atoms with E-state index in [2.05, 4.69) is 9.40 Å². The summed E-state index contributed by atoms with van der Waals surface area (Å²) in [4.78, 5) is 15.1. The molecule has 0 saturated carbocycles. The second-order valence-electron chi connectivity index (χ2n) is 3.77. The zero-order valence-electron chi connectivity index (χ0n) is 9.58. The van der Waals surface area contributed by atoms with Crippen LogP contribution in [0, 0.1) is 12.7 Å². The largest absolute Gasteiger partial charge is 0.468 e. The van der Waals surface area contributed by atoms with Crippen molar-refractivity contribution in [1.29, 1.82) is 0 Å². The van der Waals surface area contributed by atoms with E-state index < -0.39 is 29.4 Å². The number of aromatic nitrogens is 1. The van der Waals surface area contributed by atoms with Gasteiger partial charge in [0.1, 0.15) is 5.82 Å². The van der Waals surface area contributed by atoms with Crippen LogP contribution in [0.15, 0.2) is 28.7 Å². The lowest BCUT2D eigenvalue weighted by Gasteiger charge is -1.99. The number of benzene rings is 1. The Labute approximate surface area is 104 Å². The first kappa shape index (κ1) is 13.3. The highest BCUT2D eigenvalue weighted by molar-refractivity contribution is 6.07. The molecular weight excluding hydrogens is 266 g/mol. The molecule has 7 heteroatoms. The van der Waals surface area contributed by atoms with E-state index in [-0.39, 0.29) is 11.3 Å². The van der Waals surface area contributed by atoms with Crippen molar-refractivity contribution in [3.63, 3.8) is 0 Å². The predicted molar refractivity (Wildman–Crippen MR) is 56.1 cm³/mol. The molecule has 100 valence electrons. The summed E-state index contributed by atoms with van der Waals surface area (Å²) >= 11 is 0. The molecule has 0 radical (unpaired) electrons. The van der Waals surface area contributed by atoms with E-state index in [4.69, 9.17) is 0 Å². The first-order valence-corrected chi connectivity index (χ1v) is 5.14. The van der Waals surface area contributed by atoms with Crippen molar-refractivity contribution in [3.05, 3.63) is 53.0 Å². The zero-order valence-corrected chi connectivity index (χ0v) is 9.58. The minimum atomic E-state index is -4.76. The van der Waals surface area contributed by atoms with Gasteiger partial charge in [-0.1, -0.05) is 0 Å². The Morgan fingerprint density at radius 2 is 1.79 bits per heavy atom. The first-order chi connectivity index (χ1) is 8.79. The number of ketones is 1. The van der Waals surface area contributed by atoms with Crippen LogP contribution in [0.2, 0.25) is 0 Å². The van der Waals surface area contributed by atoms with E-state index in [1.165, 1.54) is 6.92 Å². The smallest absolute Gasteiger partial charge is 0.429 e. The topological polar surface area (TPSA) is 43.1 Å². The molecule has 1 aromatic heterocycles. The molecule has 0 bridgehead atoms. The average molecular weight is 273 g/mol. The number of halogens is 4. The molecular formula is C12H7F4NO2. The number of hydrogen-bond acceptors (Lipinski definition) is 3. The molecule has 2 aromatic rings. The lowest BCUT2D eigenvalue weighted by Crippen LogP contribution is -2.05. The number of alkyl halides is 3. The molecule has 0 spiro atoms. The second kappa shape index (κ2) is 4.49. The van der Waals surface area contributed by atoms with Gasteiger partial charge >= 0.3 is 12.1 Å². The average Bonchev–Trinajstić information content (AvgIpc) is 2.71. The van der Waals surface area contributed by atoms with Crippen LogP contribution in [0.3, 0.4) is 0 Å². The third-order valence-electron chi connectivity index (χ3n) is 2.35. The van der Waals surface area contributed by atoms with E-state index in [1.807, 2.05) is 0 Å². The van der Waals surface area contributed by atoms with Crippen molar-refractivity contribution in [2.75, 3.05) is 0 Å². The van der Waals surface area contributed by atoms with Gasteiger partial charge in [-0.3, -0.25) is 4.79 Å². The van der Waals surface area contributed by atoms with Crippen LogP contribution in [0.25, 0.3) is 0 Å². The molecule has 1 aromatic carbocycles. The highest BCUT2D eigenvalue weighted by Gasteiger charge is 2.39. The summed E-state index contributed by atoms with van der Waals surface area (Å²) in [5.74, 6) is -3.31. The molecule has 3 nitrogen and oxygen atoms in total. The van der Waals surface area contributed by atoms with Gasteiger partial charge in [0.2, 0.25) is 5.78 Å². The zero-order chi connectivity index (χ0) is 14.2. The summed E-state index contributed by atoms with van der Waals surface area (Å²) in [6, 6.07) is 4.38. The quantitative estimate of drug-likeness (QED) is 0.622. The number of carbonyl (C=O) groups is 1. The standard InChI is InChI=1S/C12H7F4NO2/c1-6-10(19-11(17-6)12(14,15)16)9(18)7-2-4-8(13)5-3-7/h2-5H,1H3. The lowest BCUT2D eigenvalue weighted by molar-refractivity contribution is -0.157. The van der Waals surface area contributed by atoms with Crippen molar-refractivity contribution in [2.24, 2.45) is 0 Å². The monoisotopic (exact) mass is 273 g/mol. The molecule has 2 rings (SSSR count). The van der Waals surface area contributed by atoms with Gasteiger partial charge in [0.25, 0.3) is 0 Å². The highest BCUT2D eigenvalue weighted by atomic mass is 19.4. The van der Waals surface area contributed by atoms with Gasteiger partial charge < -0.3 is 4.42 Å². The molecule has 0 aliphatic rings. The summed E-state index contributed by atoms with van der Waals surface area (Å²) < 4.78 is 54.3. The normalized spacial score (nSPS) is 11.6. The fourth-order valence-corrected chi connectivity index (χ4v) is 1.46. The van der Waals surface area contributed by atoms with Crippen molar-refractivity contribution in [1.82, 2.24) is 4.98 Å². The first-order valence-electron chi connectivity index (χ1n) is 5.14. The van der Waals surface area contributed by atoms with Crippen LogP contribution in [-0.4, -0.2) is 10.8 Å². The van der Waals surface area contributed by atoms with Crippen molar-refractivity contribution in [2.45, 2.75) is 13.1 Å². The van der Waals surface area contributed by atoms with Crippen LogP contribution in [0.1, 0.15) is 27.7 Å². The molecule has 0 saturated heterocycles. The van der Waals surface area contributed by atoms with Gasteiger partial charge in [0, 0.05) is 5.56 Å². The van der Waals surface area contributed by atoms with Crippen LogP contribution in [0.4, 0.5) is 17.6 Å². The SMILES string of the molecule is Cc1nc(C(F)(F)F)oc1C(=O)c1ccc(F)cc1. The Hall–Kier alpha value is -2.18. The third-order valence-corrected chi connectivity index (χ3v) is 2.35. The Morgan fingerprint density at radius 3 is 2.26 bits per heavy atom. The van der Waals surface area contributed by atoms with Crippen LogP contribution < -0.4 is 0 Å². The number of oxazole rings is 1. The van der Waals surface area contributed by atoms with E-state index >= 15 is 0 Å². The molecule has 0 aliphatic heterocycles. The molecule has 0 aliphatic carbocycles. The summed E-state index contributed by atoms with van der Waals surface area (Å²) in [6.07, 6.45) is -4.76. The summed E-state index contributed by atoms with van der Waals surface area (Å²) in [6.45, 7) is 1.23. The van der Waals surface area contributed by atoms with Crippen molar-refractivity contribution >= 4 is 5.78 Å². The maximum absolute atomic E-state index is 12.7. The van der Waals surface area contributed by atoms with E-state index in [9.17, 15) is 22.4 Å². The minimum Gasteiger partial charge on any atom is -0.429 e. The summed E-state index contributed by atoms with van der Waals surface area (Å²) in [7, 11) is 0. The van der Waals surface area contributed by atoms with Gasteiger partial charge in [-0.2, -0.15) is 13.2 Å². The van der Waals surface area contributed by atoms with Gasteiger partial charge in [-0.15, -0.1) is 0 Å². The number of rotatable bonds is 2. The number of nitrogens with zero attached hydrogens (tertiary/aromatic N) is 1. The van der Waals surface area contributed by atoms with E-state index in [0.717, 1.165) is 24.3 Å². The van der Waals surface area contributed by atoms with Crippen molar-refractivity contribution < 1.29 is 26.8 Å². The van der Waals surface area contributed by atoms with Crippen LogP contribution in [-0.2, 0) is 6.18 Å². The molecule has 19 heavy (non-hydrogen) atoms. The van der Waals surface area contributed by atoms with Crippen LogP contribution >= 0.6 is 0 Å². The number of hydrogen-bond donors (Lipinski definition) is 0. The molecule has 0 amide bonds. The molecule has 0 N–H and O–H groups in total. The van der Waals surface area contributed by atoms with Crippen LogP contribution in [0.5, 0.6) is 0 Å². The number of aryl methyl sites for hydroxylation is 1. The molecule has 0 unspecified atom stereocenters. The maximum atomic E-state index is 12.7. The lowest BCUT2D eigenvalue weighted by atomic mass is 10.1. The molecule has 1 heterocycles. The van der Waals surface area contributed by atoms with E-state index in [0.29, 0.717) is 0 Å². The predicted octanol–water partition coefficient (Wildman–Crippen LogP) is 3.37. The van der Waals surface area contributed by atoms with E-state index in [1.54, 1.807) is 0 Å². The second-order valence-corrected chi connectivity index (χ2v) is 3.77. The van der Waals surface area contributed by atoms with Gasteiger partial charge in [0.15, 0.2) is 5.76 Å². The maximum Gasteiger partial charge on any atom is 0.468 e. The summed E-state index contributed by atoms with van der Waals surface area (Å²) in [5.41, 5.74) is -0.143. The Balaban J connectivity index is 2.39. The highest BCUT2D eigenvalue weighted by Crippen LogP contribution is 2.30. The molecule has 0 atom stereocenters. The minimum absolute atomic E-state index is 0.0226.